The van der Waals surface area contributed by atoms with Crippen molar-refractivity contribution in [1.29, 1.82) is 0 Å². The van der Waals surface area contributed by atoms with Crippen LogP contribution < -0.4 is 0 Å². The Morgan fingerprint density at radius 3 is 1.82 bits per heavy atom. The van der Waals surface area contributed by atoms with Crippen molar-refractivity contribution in [3.63, 3.8) is 0 Å². The van der Waals surface area contributed by atoms with E-state index in [0.29, 0.717) is 0 Å². The number of hydrogen-bond acceptors (Lipinski definition) is 1. The van der Waals surface area contributed by atoms with Gasteiger partial charge < -0.3 is 0 Å². The molecule has 0 fully saturated rings. The molecule has 0 spiro atoms. The van der Waals surface area contributed by atoms with Crippen LogP contribution in [0.5, 0.6) is 0 Å². The second-order valence-electron chi connectivity index (χ2n) is 8.64. The third-order valence-electron chi connectivity index (χ3n) is 6.22. The summed E-state index contributed by atoms with van der Waals surface area (Å²) in [5.41, 5.74) is 13.1. The number of nitrogens with zero attached hydrogens (tertiary/aromatic N) is 1. The van der Waals surface area contributed by atoms with Crippen LogP contribution in [0.3, 0.4) is 0 Å². The standard InChI is InChI=1S/C32H27N/c1-22-17-18-27(25-12-6-4-7-13-25)20-30(22)32-23(2)11-10-16-29(32)31-21-28(19-24(3)33-31)26-14-8-5-9-15-26/h4-21H,1-3H3. The molecule has 0 aliphatic carbocycles. The molecule has 1 nitrogen and oxygen atoms in total. The van der Waals surface area contributed by atoms with Gasteiger partial charge in [0.2, 0.25) is 0 Å². The molecule has 0 amide bonds. The topological polar surface area (TPSA) is 12.9 Å². The summed E-state index contributed by atoms with van der Waals surface area (Å²) in [6.45, 7) is 6.47. The highest BCUT2D eigenvalue weighted by Crippen LogP contribution is 2.38. The minimum atomic E-state index is 1.01. The zero-order valence-electron chi connectivity index (χ0n) is 19.3. The smallest absolute Gasteiger partial charge is 0.0717 e. The summed E-state index contributed by atoms with van der Waals surface area (Å²) in [6, 6.07) is 38.8. The molecule has 0 aliphatic heterocycles. The highest BCUT2D eigenvalue weighted by atomic mass is 14.7. The van der Waals surface area contributed by atoms with Gasteiger partial charge in [0.25, 0.3) is 0 Å². The molecule has 1 heteroatoms. The summed E-state index contributed by atoms with van der Waals surface area (Å²) in [6.07, 6.45) is 0. The molecule has 0 bridgehead atoms. The van der Waals surface area contributed by atoms with Gasteiger partial charge in [0.1, 0.15) is 0 Å². The molecule has 0 N–H and O–H groups in total. The Bertz CT molecular complexity index is 1420. The summed E-state index contributed by atoms with van der Waals surface area (Å²) in [5, 5.41) is 0. The van der Waals surface area contributed by atoms with Crippen LogP contribution in [0.15, 0.2) is 109 Å². The second-order valence-corrected chi connectivity index (χ2v) is 8.64. The fraction of sp³-hybridized carbons (Fsp3) is 0.0938. The molecule has 0 radical (unpaired) electrons. The molecule has 1 aromatic heterocycles. The third-order valence-corrected chi connectivity index (χ3v) is 6.22. The van der Waals surface area contributed by atoms with E-state index in [1.54, 1.807) is 0 Å². The lowest BCUT2D eigenvalue weighted by atomic mass is 9.88. The van der Waals surface area contributed by atoms with E-state index < -0.39 is 0 Å². The molecule has 4 aromatic carbocycles. The Morgan fingerprint density at radius 1 is 0.455 bits per heavy atom. The molecule has 5 rings (SSSR count). The van der Waals surface area contributed by atoms with Crippen molar-refractivity contribution >= 4 is 0 Å². The first-order valence-corrected chi connectivity index (χ1v) is 11.4. The molecule has 5 aromatic rings. The Balaban J connectivity index is 1.70. The van der Waals surface area contributed by atoms with E-state index in [4.69, 9.17) is 4.98 Å². The largest absolute Gasteiger partial charge is 0.253 e. The van der Waals surface area contributed by atoms with E-state index in [1.165, 1.54) is 50.1 Å². The van der Waals surface area contributed by atoms with Gasteiger partial charge in [0.05, 0.1) is 5.69 Å². The van der Waals surface area contributed by atoms with Crippen LogP contribution in [0.2, 0.25) is 0 Å². The van der Waals surface area contributed by atoms with Crippen molar-refractivity contribution in [2.45, 2.75) is 20.8 Å². The zero-order chi connectivity index (χ0) is 22.8. The van der Waals surface area contributed by atoms with E-state index >= 15 is 0 Å². The van der Waals surface area contributed by atoms with Crippen molar-refractivity contribution in [3.05, 3.63) is 126 Å². The molecule has 0 aliphatic rings. The first-order chi connectivity index (χ1) is 16.1. The van der Waals surface area contributed by atoms with Gasteiger partial charge in [0, 0.05) is 11.3 Å². The lowest BCUT2D eigenvalue weighted by Crippen LogP contribution is -1.96. The summed E-state index contributed by atoms with van der Waals surface area (Å²) in [5.74, 6) is 0. The molecular weight excluding hydrogens is 398 g/mol. The van der Waals surface area contributed by atoms with E-state index in [0.717, 1.165) is 11.4 Å². The van der Waals surface area contributed by atoms with Crippen LogP contribution in [0.25, 0.3) is 44.6 Å². The van der Waals surface area contributed by atoms with Crippen molar-refractivity contribution in [2.24, 2.45) is 0 Å². The summed E-state index contributed by atoms with van der Waals surface area (Å²) in [4.78, 5) is 4.97. The van der Waals surface area contributed by atoms with Gasteiger partial charge in [0.15, 0.2) is 0 Å². The maximum atomic E-state index is 4.97. The van der Waals surface area contributed by atoms with Crippen molar-refractivity contribution in [1.82, 2.24) is 4.98 Å². The van der Waals surface area contributed by atoms with E-state index in [-0.39, 0.29) is 0 Å². The van der Waals surface area contributed by atoms with E-state index in [1.807, 2.05) is 0 Å². The maximum Gasteiger partial charge on any atom is 0.0717 e. The number of benzene rings is 4. The van der Waals surface area contributed by atoms with Crippen LogP contribution in [0.1, 0.15) is 16.8 Å². The Hall–Kier alpha value is -3.97. The predicted molar refractivity (Wildman–Crippen MR) is 140 cm³/mol. The summed E-state index contributed by atoms with van der Waals surface area (Å²) < 4.78 is 0. The van der Waals surface area contributed by atoms with Crippen LogP contribution in [0.4, 0.5) is 0 Å². The summed E-state index contributed by atoms with van der Waals surface area (Å²) >= 11 is 0. The van der Waals surface area contributed by atoms with Crippen LogP contribution in [-0.2, 0) is 0 Å². The van der Waals surface area contributed by atoms with Gasteiger partial charge in [-0.25, -0.2) is 0 Å². The number of aryl methyl sites for hydroxylation is 3. The number of pyridine rings is 1. The average Bonchev–Trinajstić information content (AvgIpc) is 2.85. The van der Waals surface area contributed by atoms with E-state index in [9.17, 15) is 0 Å². The zero-order valence-corrected chi connectivity index (χ0v) is 19.3. The molecule has 160 valence electrons. The normalized spacial score (nSPS) is 10.9. The van der Waals surface area contributed by atoms with Crippen molar-refractivity contribution in [3.8, 4) is 44.6 Å². The van der Waals surface area contributed by atoms with Gasteiger partial charge in [-0.15, -0.1) is 0 Å². The average molecular weight is 426 g/mol. The molecule has 1 heterocycles. The van der Waals surface area contributed by atoms with Gasteiger partial charge in [-0.3, -0.25) is 4.98 Å². The van der Waals surface area contributed by atoms with E-state index in [2.05, 4.69) is 130 Å². The first kappa shape index (κ1) is 20.9. The molecule has 33 heavy (non-hydrogen) atoms. The third kappa shape index (κ3) is 4.23. The minimum Gasteiger partial charge on any atom is -0.253 e. The van der Waals surface area contributed by atoms with Gasteiger partial charge in [-0.2, -0.15) is 0 Å². The lowest BCUT2D eigenvalue weighted by Gasteiger charge is -2.17. The summed E-state index contributed by atoms with van der Waals surface area (Å²) in [7, 11) is 0. The molecule has 0 saturated carbocycles. The van der Waals surface area contributed by atoms with Gasteiger partial charge in [-0.1, -0.05) is 91.0 Å². The van der Waals surface area contributed by atoms with Gasteiger partial charge >= 0.3 is 0 Å². The Labute approximate surface area is 196 Å². The fourth-order valence-corrected chi connectivity index (χ4v) is 4.54. The molecule has 0 unspecified atom stereocenters. The maximum absolute atomic E-state index is 4.97. The van der Waals surface area contributed by atoms with Crippen LogP contribution in [0, 0.1) is 20.8 Å². The number of hydrogen-bond donors (Lipinski definition) is 0. The highest BCUT2D eigenvalue weighted by Gasteiger charge is 2.15. The molecule has 0 saturated heterocycles. The fourth-order valence-electron chi connectivity index (χ4n) is 4.54. The molecule has 0 atom stereocenters. The Kier molecular flexibility index (Phi) is 5.62. The predicted octanol–water partition coefficient (Wildman–Crippen LogP) is 8.67. The number of aromatic nitrogens is 1. The highest BCUT2D eigenvalue weighted by molar-refractivity contribution is 5.88. The van der Waals surface area contributed by atoms with Crippen LogP contribution >= 0.6 is 0 Å². The SMILES string of the molecule is Cc1cc(-c2ccccc2)cc(-c2cccc(C)c2-c2cc(-c3ccccc3)ccc2C)n1. The first-order valence-electron chi connectivity index (χ1n) is 11.4. The van der Waals surface area contributed by atoms with Gasteiger partial charge in [-0.05, 0) is 83.5 Å². The number of rotatable bonds is 4. The van der Waals surface area contributed by atoms with Crippen molar-refractivity contribution in [2.75, 3.05) is 0 Å². The minimum absolute atomic E-state index is 1.01. The quantitative estimate of drug-likeness (QED) is 0.281. The lowest BCUT2D eigenvalue weighted by molar-refractivity contribution is 1.20. The monoisotopic (exact) mass is 425 g/mol. The Morgan fingerprint density at radius 2 is 1.12 bits per heavy atom. The van der Waals surface area contributed by atoms with Crippen molar-refractivity contribution < 1.29 is 0 Å². The molecular formula is C32H27N. The second kappa shape index (κ2) is 8.88. The van der Waals surface area contributed by atoms with Crippen LogP contribution in [-0.4, -0.2) is 4.98 Å².